The van der Waals surface area contributed by atoms with Gasteiger partial charge in [0.05, 0.1) is 11.2 Å². The largest absolute Gasteiger partial charge is 0.363 e. The van der Waals surface area contributed by atoms with Gasteiger partial charge in [0.1, 0.15) is 0 Å². The molecule has 0 amide bonds. The molecule has 40 valence electrons. The molecule has 2 rings (SSSR count). The Hall–Kier alpha value is -0.0400. The third-order valence-electron chi connectivity index (χ3n) is 2.21. The molecular weight excluding hydrogens is 88.1 g/mol. The number of hydrogen-bond donors (Lipinski definition) is 0. The summed E-state index contributed by atoms with van der Waals surface area (Å²) in [5.41, 5.74) is 0.653. The van der Waals surface area contributed by atoms with Crippen LogP contribution in [0.5, 0.6) is 0 Å². The van der Waals surface area contributed by atoms with Crippen LogP contribution < -0.4 is 0 Å². The van der Waals surface area contributed by atoms with Crippen molar-refractivity contribution in [2.24, 2.45) is 0 Å². The summed E-state index contributed by atoms with van der Waals surface area (Å²) in [6.07, 6.45) is 2.61. The third-order valence-corrected chi connectivity index (χ3v) is 2.21. The summed E-state index contributed by atoms with van der Waals surface area (Å²) in [5, 5.41) is 0. The van der Waals surface area contributed by atoms with E-state index in [-0.39, 0.29) is 5.60 Å². The van der Waals surface area contributed by atoms with Gasteiger partial charge in [0.15, 0.2) is 0 Å². The average molecular weight is 98.1 g/mol. The summed E-state index contributed by atoms with van der Waals surface area (Å²) in [5.74, 6) is 0. The van der Waals surface area contributed by atoms with Crippen LogP contribution in [-0.2, 0) is 4.74 Å². The Labute approximate surface area is 43.7 Å². The molecule has 0 atom stereocenters. The van der Waals surface area contributed by atoms with Crippen molar-refractivity contribution in [2.45, 2.75) is 37.9 Å². The molecule has 1 saturated heterocycles. The topological polar surface area (TPSA) is 12.5 Å². The molecule has 0 N–H and O–H groups in total. The SMILES string of the molecule is CC1(C)OC12CC2. The Kier molecular flexibility index (Phi) is 0.365. The van der Waals surface area contributed by atoms with Gasteiger partial charge in [-0.3, -0.25) is 0 Å². The van der Waals surface area contributed by atoms with Crippen LogP contribution in [0.15, 0.2) is 0 Å². The van der Waals surface area contributed by atoms with Crippen molar-refractivity contribution in [3.05, 3.63) is 0 Å². The summed E-state index contributed by atoms with van der Waals surface area (Å²) < 4.78 is 5.40. The molecule has 1 heterocycles. The van der Waals surface area contributed by atoms with Gasteiger partial charge in [0, 0.05) is 0 Å². The number of epoxide rings is 1. The fraction of sp³-hybridized carbons (Fsp3) is 1.00. The highest BCUT2D eigenvalue weighted by atomic mass is 16.6. The Balaban J connectivity index is 2.22. The van der Waals surface area contributed by atoms with Gasteiger partial charge in [-0.15, -0.1) is 0 Å². The molecule has 0 unspecified atom stereocenters. The molecule has 2 fully saturated rings. The minimum atomic E-state index is 0.257. The number of hydrogen-bond acceptors (Lipinski definition) is 1. The Morgan fingerprint density at radius 3 is 1.71 bits per heavy atom. The summed E-state index contributed by atoms with van der Waals surface area (Å²) in [6, 6.07) is 0. The summed E-state index contributed by atoms with van der Waals surface area (Å²) in [6.45, 7) is 4.33. The molecule has 0 aromatic heterocycles. The van der Waals surface area contributed by atoms with Crippen LogP contribution in [0.2, 0.25) is 0 Å². The Morgan fingerprint density at radius 2 is 1.71 bits per heavy atom. The van der Waals surface area contributed by atoms with E-state index < -0.39 is 0 Å². The second-order valence-corrected chi connectivity index (χ2v) is 3.11. The Morgan fingerprint density at radius 1 is 1.29 bits per heavy atom. The van der Waals surface area contributed by atoms with Crippen LogP contribution in [0.4, 0.5) is 0 Å². The van der Waals surface area contributed by atoms with Gasteiger partial charge in [-0.2, -0.15) is 0 Å². The minimum absolute atomic E-state index is 0.257. The average Bonchev–Trinajstić information content (AvgIpc) is 2.22. The second kappa shape index (κ2) is 0.655. The number of ether oxygens (including phenoxy) is 1. The van der Waals surface area contributed by atoms with E-state index in [1.807, 2.05) is 0 Å². The van der Waals surface area contributed by atoms with Crippen molar-refractivity contribution < 1.29 is 4.74 Å². The smallest absolute Gasteiger partial charge is 0.0976 e. The first-order valence-corrected chi connectivity index (χ1v) is 2.87. The molecule has 1 saturated carbocycles. The highest BCUT2D eigenvalue weighted by molar-refractivity contribution is 5.20. The van der Waals surface area contributed by atoms with Crippen LogP contribution in [0, 0.1) is 0 Å². The summed E-state index contributed by atoms with van der Waals surface area (Å²) >= 11 is 0. The van der Waals surface area contributed by atoms with E-state index in [2.05, 4.69) is 13.8 Å². The molecule has 0 aromatic carbocycles. The second-order valence-electron chi connectivity index (χ2n) is 3.11. The lowest BCUT2D eigenvalue weighted by molar-refractivity contribution is 0.319. The monoisotopic (exact) mass is 98.1 g/mol. The molecule has 0 aromatic rings. The summed E-state index contributed by atoms with van der Waals surface area (Å²) in [7, 11) is 0. The van der Waals surface area contributed by atoms with Crippen LogP contribution >= 0.6 is 0 Å². The van der Waals surface area contributed by atoms with E-state index in [1.165, 1.54) is 12.8 Å². The predicted octanol–water partition coefficient (Wildman–Crippen LogP) is 1.33. The van der Waals surface area contributed by atoms with Gasteiger partial charge >= 0.3 is 0 Å². The highest BCUT2D eigenvalue weighted by Crippen LogP contribution is 2.64. The van der Waals surface area contributed by atoms with Gasteiger partial charge < -0.3 is 4.74 Å². The van der Waals surface area contributed by atoms with E-state index in [9.17, 15) is 0 Å². The lowest BCUT2D eigenvalue weighted by atomic mass is 10.1. The number of rotatable bonds is 0. The standard InChI is InChI=1S/C6H10O/c1-5(2)6(7-5)3-4-6/h3-4H2,1-2H3. The van der Waals surface area contributed by atoms with Gasteiger partial charge in [-0.25, -0.2) is 0 Å². The quantitative estimate of drug-likeness (QED) is 0.416. The molecular formula is C6H10O. The molecule has 1 heteroatoms. The first kappa shape index (κ1) is 3.90. The van der Waals surface area contributed by atoms with Gasteiger partial charge in [-0.1, -0.05) is 0 Å². The van der Waals surface area contributed by atoms with Gasteiger partial charge in [0.25, 0.3) is 0 Å². The maximum atomic E-state index is 5.40. The molecule has 1 aliphatic carbocycles. The van der Waals surface area contributed by atoms with Crippen LogP contribution in [0.25, 0.3) is 0 Å². The lowest BCUT2D eigenvalue weighted by Gasteiger charge is -1.86. The molecule has 7 heavy (non-hydrogen) atoms. The molecule has 1 nitrogen and oxygen atoms in total. The van der Waals surface area contributed by atoms with Crippen LogP contribution in [-0.4, -0.2) is 11.2 Å². The zero-order valence-electron chi connectivity index (χ0n) is 4.82. The van der Waals surface area contributed by atoms with E-state index in [4.69, 9.17) is 4.74 Å². The molecule has 2 aliphatic rings. The van der Waals surface area contributed by atoms with E-state index >= 15 is 0 Å². The molecule has 0 radical (unpaired) electrons. The van der Waals surface area contributed by atoms with Crippen LogP contribution in [0.3, 0.4) is 0 Å². The minimum Gasteiger partial charge on any atom is -0.363 e. The normalized spacial score (nSPS) is 38.6. The van der Waals surface area contributed by atoms with E-state index in [1.54, 1.807) is 0 Å². The van der Waals surface area contributed by atoms with Crippen molar-refractivity contribution in [1.82, 2.24) is 0 Å². The van der Waals surface area contributed by atoms with Crippen molar-refractivity contribution >= 4 is 0 Å². The lowest BCUT2D eigenvalue weighted by Crippen LogP contribution is -2.01. The Bertz CT molecular complexity index is 109. The van der Waals surface area contributed by atoms with Crippen molar-refractivity contribution in [3.63, 3.8) is 0 Å². The van der Waals surface area contributed by atoms with Crippen molar-refractivity contribution in [1.29, 1.82) is 0 Å². The van der Waals surface area contributed by atoms with Gasteiger partial charge in [-0.05, 0) is 26.7 Å². The summed E-state index contributed by atoms with van der Waals surface area (Å²) in [4.78, 5) is 0. The molecule has 1 aliphatic heterocycles. The fourth-order valence-corrected chi connectivity index (χ4v) is 1.28. The molecule has 0 bridgehead atoms. The zero-order valence-corrected chi connectivity index (χ0v) is 4.82. The van der Waals surface area contributed by atoms with Crippen molar-refractivity contribution in [3.8, 4) is 0 Å². The first-order chi connectivity index (χ1) is 3.16. The third kappa shape index (κ3) is 0.290. The molecule has 1 spiro atoms. The predicted molar refractivity (Wildman–Crippen MR) is 27.1 cm³/mol. The maximum absolute atomic E-state index is 5.40. The van der Waals surface area contributed by atoms with E-state index in [0.29, 0.717) is 5.60 Å². The first-order valence-electron chi connectivity index (χ1n) is 2.87. The van der Waals surface area contributed by atoms with E-state index in [0.717, 1.165) is 0 Å². The zero-order chi connectivity index (χ0) is 5.12. The fourth-order valence-electron chi connectivity index (χ4n) is 1.28. The highest BCUT2D eigenvalue weighted by Gasteiger charge is 2.71. The maximum Gasteiger partial charge on any atom is 0.0976 e. The van der Waals surface area contributed by atoms with Crippen molar-refractivity contribution in [2.75, 3.05) is 0 Å². The van der Waals surface area contributed by atoms with Gasteiger partial charge in [0.2, 0.25) is 0 Å². The van der Waals surface area contributed by atoms with Crippen LogP contribution in [0.1, 0.15) is 26.7 Å².